The average molecular weight is 335 g/mol. The molecule has 1 atom stereocenters. The van der Waals surface area contributed by atoms with E-state index in [9.17, 15) is 9.59 Å². The zero-order chi connectivity index (χ0) is 17.2. The second-order valence-electron chi connectivity index (χ2n) is 6.91. The predicted octanol–water partition coefficient (Wildman–Crippen LogP) is 1.38. The summed E-state index contributed by atoms with van der Waals surface area (Å²) in [5.41, 5.74) is 0.229. The van der Waals surface area contributed by atoms with Crippen LogP contribution in [0.15, 0.2) is 10.6 Å². The zero-order valence-corrected chi connectivity index (χ0v) is 14.3. The number of rotatable bonds is 5. The molecule has 3 rings (SSSR count). The van der Waals surface area contributed by atoms with Crippen molar-refractivity contribution in [1.29, 1.82) is 0 Å². The molecule has 0 bridgehead atoms. The Morgan fingerprint density at radius 2 is 2.21 bits per heavy atom. The number of likely N-dealkylation sites (tertiary alicyclic amines) is 1. The van der Waals surface area contributed by atoms with E-state index >= 15 is 0 Å². The molecule has 1 spiro atoms. The van der Waals surface area contributed by atoms with E-state index in [1.54, 1.807) is 25.0 Å². The summed E-state index contributed by atoms with van der Waals surface area (Å²) in [6, 6.07) is 1.65. The molecule has 7 heteroatoms. The Kier molecular flexibility index (Phi) is 4.89. The summed E-state index contributed by atoms with van der Waals surface area (Å²) < 4.78 is 10.0. The number of hydrogen-bond donors (Lipinski definition) is 1. The number of methoxy groups -OCH3 is 1. The molecule has 1 saturated carbocycles. The van der Waals surface area contributed by atoms with Crippen LogP contribution in [0, 0.1) is 18.3 Å². The Morgan fingerprint density at radius 1 is 1.46 bits per heavy atom. The van der Waals surface area contributed by atoms with Gasteiger partial charge in [-0.05, 0) is 19.8 Å². The van der Waals surface area contributed by atoms with Crippen molar-refractivity contribution in [3.8, 4) is 0 Å². The molecule has 1 N–H and O–H groups in total. The first kappa shape index (κ1) is 17.0. The fourth-order valence-electron chi connectivity index (χ4n) is 4.10. The minimum absolute atomic E-state index is 0.0283. The Morgan fingerprint density at radius 3 is 2.83 bits per heavy atom. The lowest BCUT2D eigenvalue weighted by Crippen LogP contribution is -2.41. The van der Waals surface area contributed by atoms with Crippen LogP contribution in [-0.2, 0) is 9.53 Å². The number of amides is 2. The van der Waals surface area contributed by atoms with E-state index in [0.717, 1.165) is 25.7 Å². The maximum atomic E-state index is 12.7. The molecule has 0 radical (unpaired) electrons. The van der Waals surface area contributed by atoms with Gasteiger partial charge in [0.05, 0.1) is 12.5 Å². The van der Waals surface area contributed by atoms with Gasteiger partial charge in [0.15, 0.2) is 5.69 Å². The first-order valence-electron chi connectivity index (χ1n) is 8.55. The van der Waals surface area contributed by atoms with Crippen molar-refractivity contribution in [2.45, 2.75) is 32.6 Å². The predicted molar refractivity (Wildman–Crippen MR) is 86.4 cm³/mol. The van der Waals surface area contributed by atoms with Crippen LogP contribution in [0.1, 0.15) is 41.9 Å². The van der Waals surface area contributed by atoms with Crippen molar-refractivity contribution >= 4 is 11.8 Å². The Hall–Kier alpha value is -1.89. The normalized spacial score (nSPS) is 22.2. The standard InChI is InChI=1S/C17H25N3O4/c1-12-9-14(19-24-12)16(22)20-10-13(15(21)18-7-8-23-2)17(11-20)5-3-4-6-17/h9,13H,3-8,10-11H2,1-2H3,(H,18,21). The Balaban J connectivity index is 1.73. The summed E-state index contributed by atoms with van der Waals surface area (Å²) in [6.07, 6.45) is 4.23. The van der Waals surface area contributed by atoms with Gasteiger partial charge in [-0.2, -0.15) is 0 Å². The molecule has 1 unspecified atom stereocenters. The Labute approximate surface area is 141 Å². The van der Waals surface area contributed by atoms with Gasteiger partial charge in [0, 0.05) is 38.2 Å². The maximum Gasteiger partial charge on any atom is 0.276 e. The van der Waals surface area contributed by atoms with E-state index in [4.69, 9.17) is 9.26 Å². The van der Waals surface area contributed by atoms with E-state index in [1.807, 2.05) is 0 Å². The Bertz CT molecular complexity index is 607. The highest BCUT2D eigenvalue weighted by Crippen LogP contribution is 2.49. The van der Waals surface area contributed by atoms with Gasteiger partial charge in [0.2, 0.25) is 5.91 Å². The topological polar surface area (TPSA) is 84.7 Å². The molecule has 1 aromatic heterocycles. The molecule has 1 saturated heterocycles. The zero-order valence-electron chi connectivity index (χ0n) is 14.3. The fraction of sp³-hybridized carbons (Fsp3) is 0.706. The van der Waals surface area contributed by atoms with Gasteiger partial charge in [-0.25, -0.2) is 0 Å². The number of hydrogen-bond acceptors (Lipinski definition) is 5. The molecular weight excluding hydrogens is 310 g/mol. The highest BCUT2D eigenvalue weighted by atomic mass is 16.5. The SMILES string of the molecule is COCCNC(=O)C1CN(C(=O)c2cc(C)on2)CC12CCCC2. The number of carbonyl (C=O) groups excluding carboxylic acids is 2. The number of nitrogens with one attached hydrogen (secondary N) is 1. The average Bonchev–Trinajstić information content (AvgIpc) is 3.28. The number of nitrogens with zero attached hydrogens (tertiary/aromatic N) is 2. The van der Waals surface area contributed by atoms with Gasteiger partial charge < -0.3 is 19.5 Å². The highest BCUT2D eigenvalue weighted by molar-refractivity contribution is 5.93. The maximum absolute atomic E-state index is 12.7. The summed E-state index contributed by atoms with van der Waals surface area (Å²) in [5.74, 6) is 0.335. The van der Waals surface area contributed by atoms with Gasteiger partial charge in [0.1, 0.15) is 5.76 Å². The third-order valence-corrected chi connectivity index (χ3v) is 5.30. The van der Waals surface area contributed by atoms with E-state index in [2.05, 4.69) is 10.5 Å². The van der Waals surface area contributed by atoms with Crippen LogP contribution >= 0.6 is 0 Å². The molecule has 1 aliphatic heterocycles. The van der Waals surface area contributed by atoms with Crippen molar-refractivity contribution in [2.24, 2.45) is 11.3 Å². The largest absolute Gasteiger partial charge is 0.383 e. The number of ether oxygens (including phenoxy) is 1. The van der Waals surface area contributed by atoms with E-state index in [-0.39, 0.29) is 23.1 Å². The molecular formula is C17H25N3O4. The minimum Gasteiger partial charge on any atom is -0.383 e. The van der Waals surface area contributed by atoms with Crippen LogP contribution in [0.5, 0.6) is 0 Å². The fourth-order valence-corrected chi connectivity index (χ4v) is 4.10. The van der Waals surface area contributed by atoms with Crippen LogP contribution in [0.3, 0.4) is 0 Å². The number of aryl methyl sites for hydroxylation is 1. The highest BCUT2D eigenvalue weighted by Gasteiger charge is 2.52. The van der Waals surface area contributed by atoms with Crippen LogP contribution in [0.25, 0.3) is 0 Å². The van der Waals surface area contributed by atoms with Crippen molar-refractivity contribution in [1.82, 2.24) is 15.4 Å². The van der Waals surface area contributed by atoms with Crippen LogP contribution in [-0.4, -0.2) is 55.2 Å². The first-order valence-corrected chi connectivity index (χ1v) is 8.55. The first-order chi connectivity index (χ1) is 11.6. The molecule has 0 aromatic carbocycles. The van der Waals surface area contributed by atoms with Crippen molar-refractivity contribution < 1.29 is 18.8 Å². The molecule has 1 aromatic rings. The molecule has 2 fully saturated rings. The smallest absolute Gasteiger partial charge is 0.276 e. The van der Waals surface area contributed by atoms with Crippen LogP contribution in [0.4, 0.5) is 0 Å². The third kappa shape index (κ3) is 3.17. The second-order valence-corrected chi connectivity index (χ2v) is 6.91. The summed E-state index contributed by atoms with van der Waals surface area (Å²) in [6.45, 7) is 3.83. The van der Waals surface area contributed by atoms with Crippen molar-refractivity contribution in [2.75, 3.05) is 33.4 Å². The monoisotopic (exact) mass is 335 g/mol. The summed E-state index contributed by atoms with van der Waals surface area (Å²) in [7, 11) is 1.61. The molecule has 2 aliphatic rings. The summed E-state index contributed by atoms with van der Waals surface area (Å²) in [4.78, 5) is 27.1. The van der Waals surface area contributed by atoms with E-state index in [0.29, 0.717) is 37.7 Å². The van der Waals surface area contributed by atoms with Gasteiger partial charge >= 0.3 is 0 Å². The minimum atomic E-state index is -0.159. The van der Waals surface area contributed by atoms with E-state index in [1.165, 1.54) is 0 Å². The second kappa shape index (κ2) is 6.93. The lowest BCUT2D eigenvalue weighted by molar-refractivity contribution is -0.127. The van der Waals surface area contributed by atoms with Gasteiger partial charge in [0.25, 0.3) is 5.91 Å². The number of aromatic nitrogens is 1. The lowest BCUT2D eigenvalue weighted by atomic mass is 9.76. The van der Waals surface area contributed by atoms with Crippen molar-refractivity contribution in [3.05, 3.63) is 17.5 Å². The van der Waals surface area contributed by atoms with Gasteiger partial charge in [-0.3, -0.25) is 9.59 Å². The van der Waals surface area contributed by atoms with Gasteiger partial charge in [-0.1, -0.05) is 18.0 Å². The molecule has 24 heavy (non-hydrogen) atoms. The molecule has 2 amide bonds. The van der Waals surface area contributed by atoms with Crippen LogP contribution < -0.4 is 5.32 Å². The third-order valence-electron chi connectivity index (χ3n) is 5.30. The number of carbonyl (C=O) groups is 2. The van der Waals surface area contributed by atoms with Crippen molar-refractivity contribution in [3.63, 3.8) is 0 Å². The van der Waals surface area contributed by atoms with Crippen LogP contribution in [0.2, 0.25) is 0 Å². The van der Waals surface area contributed by atoms with E-state index < -0.39 is 0 Å². The molecule has 2 heterocycles. The molecule has 7 nitrogen and oxygen atoms in total. The lowest BCUT2D eigenvalue weighted by Gasteiger charge is -2.28. The van der Waals surface area contributed by atoms with Gasteiger partial charge in [-0.15, -0.1) is 0 Å². The summed E-state index contributed by atoms with van der Waals surface area (Å²) in [5, 5.41) is 6.77. The molecule has 132 valence electrons. The summed E-state index contributed by atoms with van der Waals surface area (Å²) >= 11 is 0. The quantitative estimate of drug-likeness (QED) is 0.822. The molecule has 1 aliphatic carbocycles.